The summed E-state index contributed by atoms with van der Waals surface area (Å²) >= 11 is 1.44. The molecular formula is C24H24N4O4S. The van der Waals surface area contributed by atoms with E-state index >= 15 is 0 Å². The molecule has 1 atom stereocenters. The second-order valence-electron chi connectivity index (χ2n) is 8.58. The number of rotatable bonds is 4. The quantitative estimate of drug-likeness (QED) is 0.528. The molecule has 2 aromatic rings. The van der Waals surface area contributed by atoms with E-state index in [-0.39, 0.29) is 17.5 Å². The summed E-state index contributed by atoms with van der Waals surface area (Å²) in [6, 6.07) is 7.12. The molecule has 1 saturated heterocycles. The van der Waals surface area contributed by atoms with Crippen molar-refractivity contribution in [3.05, 3.63) is 39.8 Å². The molecule has 1 fully saturated rings. The third-order valence-electron chi connectivity index (χ3n) is 6.48. The molecule has 0 radical (unpaired) electrons. The molecule has 2 N–H and O–H groups in total. The van der Waals surface area contributed by atoms with E-state index in [0.29, 0.717) is 16.3 Å². The lowest BCUT2D eigenvalue weighted by Gasteiger charge is -2.33. The molecule has 3 heterocycles. The van der Waals surface area contributed by atoms with Crippen molar-refractivity contribution in [3.8, 4) is 6.07 Å². The van der Waals surface area contributed by atoms with Crippen LogP contribution in [0.15, 0.2) is 18.2 Å². The van der Waals surface area contributed by atoms with Gasteiger partial charge in [-0.2, -0.15) is 5.26 Å². The molecule has 0 unspecified atom stereocenters. The van der Waals surface area contributed by atoms with Crippen molar-refractivity contribution < 1.29 is 19.1 Å². The van der Waals surface area contributed by atoms with Crippen LogP contribution in [-0.2, 0) is 27.2 Å². The number of nitrogens with one attached hydrogen (secondary N) is 2. The van der Waals surface area contributed by atoms with E-state index in [2.05, 4.69) is 21.6 Å². The Bertz CT molecular complexity index is 1180. The molecule has 0 saturated carbocycles. The minimum Gasteiger partial charge on any atom is -0.452 e. The lowest BCUT2D eigenvalue weighted by molar-refractivity contribution is -0.119. The number of nitriles is 1. The van der Waals surface area contributed by atoms with Crippen molar-refractivity contribution in [2.24, 2.45) is 0 Å². The fourth-order valence-corrected chi connectivity index (χ4v) is 6.14. The van der Waals surface area contributed by atoms with E-state index in [1.165, 1.54) is 11.3 Å². The second kappa shape index (κ2) is 8.87. The molecule has 1 aromatic carbocycles. The highest BCUT2D eigenvalue weighted by Crippen LogP contribution is 2.38. The molecular weight excluding hydrogens is 440 g/mol. The van der Waals surface area contributed by atoms with Crippen LogP contribution in [-0.4, -0.2) is 37.0 Å². The number of esters is 1. The summed E-state index contributed by atoms with van der Waals surface area (Å²) in [4.78, 5) is 40.5. The first-order valence-corrected chi connectivity index (χ1v) is 12.1. The Morgan fingerprint density at radius 1 is 1.24 bits per heavy atom. The summed E-state index contributed by atoms with van der Waals surface area (Å²) in [5.41, 5.74) is 3.31. The van der Waals surface area contributed by atoms with Crippen LogP contribution in [0.1, 0.15) is 58.5 Å². The molecule has 3 aliphatic rings. The number of thiophene rings is 1. The van der Waals surface area contributed by atoms with Gasteiger partial charge in [0.25, 0.3) is 5.91 Å². The fraction of sp³-hybridized carbons (Fsp3) is 0.417. The van der Waals surface area contributed by atoms with Gasteiger partial charge in [0.05, 0.1) is 22.5 Å². The Kier molecular flexibility index (Phi) is 5.77. The predicted molar refractivity (Wildman–Crippen MR) is 125 cm³/mol. The Morgan fingerprint density at radius 2 is 2.09 bits per heavy atom. The molecule has 0 spiro atoms. The van der Waals surface area contributed by atoms with Gasteiger partial charge in [0.2, 0.25) is 5.91 Å². The molecule has 5 rings (SSSR count). The smallest absolute Gasteiger partial charge is 0.338 e. The minimum absolute atomic E-state index is 0.0625. The highest BCUT2D eigenvalue weighted by atomic mass is 32.1. The summed E-state index contributed by atoms with van der Waals surface area (Å²) in [7, 11) is 0. The Balaban J connectivity index is 1.23. The Labute approximate surface area is 195 Å². The second-order valence-corrected chi connectivity index (χ2v) is 9.68. The van der Waals surface area contributed by atoms with Crippen LogP contribution in [0.3, 0.4) is 0 Å². The minimum atomic E-state index is -0.645. The van der Waals surface area contributed by atoms with Gasteiger partial charge in [-0.05, 0) is 62.3 Å². The van der Waals surface area contributed by atoms with Gasteiger partial charge in [0.15, 0.2) is 6.61 Å². The van der Waals surface area contributed by atoms with Crippen LogP contribution in [0.5, 0.6) is 0 Å². The molecule has 9 heteroatoms. The predicted octanol–water partition coefficient (Wildman–Crippen LogP) is 3.61. The number of fused-ring (bicyclic) bond motifs is 4. The number of carbonyl (C=O) groups excluding carboxylic acids is 3. The zero-order chi connectivity index (χ0) is 22.9. The fourth-order valence-electron chi connectivity index (χ4n) is 4.88. The summed E-state index contributed by atoms with van der Waals surface area (Å²) in [6.45, 7) is 0.357. The number of hydrogen-bond donors (Lipinski definition) is 2. The Hall–Kier alpha value is -3.38. The van der Waals surface area contributed by atoms with Crippen LogP contribution in [0.2, 0.25) is 0 Å². The normalized spacial score (nSPS) is 18.8. The van der Waals surface area contributed by atoms with Crippen molar-refractivity contribution in [1.29, 1.82) is 5.26 Å². The molecule has 33 heavy (non-hydrogen) atoms. The maximum atomic E-state index is 12.5. The zero-order valence-electron chi connectivity index (χ0n) is 18.1. The van der Waals surface area contributed by atoms with Crippen LogP contribution in [0, 0.1) is 11.3 Å². The first kappa shape index (κ1) is 21.5. The van der Waals surface area contributed by atoms with E-state index in [1.807, 2.05) is 6.07 Å². The van der Waals surface area contributed by atoms with Gasteiger partial charge in [0, 0.05) is 11.4 Å². The third kappa shape index (κ3) is 4.07. The van der Waals surface area contributed by atoms with E-state index in [0.717, 1.165) is 67.6 Å². The topological polar surface area (TPSA) is 112 Å². The zero-order valence-corrected chi connectivity index (χ0v) is 18.9. The number of hydrogen-bond acceptors (Lipinski definition) is 7. The molecule has 2 aliphatic heterocycles. The maximum absolute atomic E-state index is 12.5. The SMILES string of the molecule is N#Cc1c(NC(=O)COC(=O)c2ccc3c(c2)NC(=O)[C@@H]2CCCN32)sc2c1CCCCC2. The molecule has 170 valence electrons. The molecule has 0 bridgehead atoms. The van der Waals surface area contributed by atoms with Crippen LogP contribution < -0.4 is 15.5 Å². The van der Waals surface area contributed by atoms with Gasteiger partial charge < -0.3 is 20.3 Å². The number of amides is 2. The van der Waals surface area contributed by atoms with Gasteiger partial charge in [-0.3, -0.25) is 9.59 Å². The summed E-state index contributed by atoms with van der Waals surface area (Å²) in [5, 5.41) is 15.7. The number of aryl methyl sites for hydroxylation is 1. The van der Waals surface area contributed by atoms with Gasteiger partial charge in [-0.1, -0.05) is 6.42 Å². The maximum Gasteiger partial charge on any atom is 0.338 e. The van der Waals surface area contributed by atoms with E-state index in [4.69, 9.17) is 4.74 Å². The van der Waals surface area contributed by atoms with E-state index in [9.17, 15) is 19.6 Å². The highest BCUT2D eigenvalue weighted by molar-refractivity contribution is 7.16. The summed E-state index contributed by atoms with van der Waals surface area (Å²) in [5.74, 6) is -1.19. The van der Waals surface area contributed by atoms with Crippen LogP contribution >= 0.6 is 11.3 Å². The first-order chi connectivity index (χ1) is 16.0. The van der Waals surface area contributed by atoms with Crippen molar-refractivity contribution in [3.63, 3.8) is 0 Å². The molecule has 1 aromatic heterocycles. The van der Waals surface area contributed by atoms with Crippen molar-refractivity contribution in [2.45, 2.75) is 51.0 Å². The number of carbonyl (C=O) groups is 3. The number of anilines is 3. The highest BCUT2D eigenvalue weighted by Gasteiger charge is 2.36. The van der Waals surface area contributed by atoms with Crippen molar-refractivity contribution in [2.75, 3.05) is 28.7 Å². The number of ether oxygens (including phenoxy) is 1. The summed E-state index contributed by atoms with van der Waals surface area (Å²) in [6.07, 6.45) is 6.84. The van der Waals surface area contributed by atoms with E-state index < -0.39 is 18.5 Å². The van der Waals surface area contributed by atoms with Gasteiger partial charge in [-0.25, -0.2) is 4.79 Å². The van der Waals surface area contributed by atoms with Gasteiger partial charge >= 0.3 is 5.97 Å². The lowest BCUT2D eigenvalue weighted by Crippen LogP contribution is -2.43. The van der Waals surface area contributed by atoms with Crippen LogP contribution in [0.4, 0.5) is 16.4 Å². The van der Waals surface area contributed by atoms with E-state index in [1.54, 1.807) is 12.1 Å². The standard InChI is InChI=1S/C24H24N4O4S/c25-12-16-15-5-2-1-3-7-20(15)33-23(16)27-21(29)13-32-24(31)14-8-9-18-17(11-14)26-22(30)19-6-4-10-28(18)19/h8-9,11,19H,1-7,10,13H2,(H,26,30)(H,27,29)/t19-/m0/s1. The largest absolute Gasteiger partial charge is 0.452 e. The third-order valence-corrected chi connectivity index (χ3v) is 7.68. The van der Waals surface area contributed by atoms with Crippen LogP contribution in [0.25, 0.3) is 0 Å². The Morgan fingerprint density at radius 3 is 2.94 bits per heavy atom. The molecule has 2 amide bonds. The average Bonchev–Trinajstić information content (AvgIpc) is 3.36. The average molecular weight is 465 g/mol. The lowest BCUT2D eigenvalue weighted by atomic mass is 10.1. The number of benzene rings is 1. The van der Waals surface area contributed by atoms with Gasteiger partial charge in [0.1, 0.15) is 17.1 Å². The summed E-state index contributed by atoms with van der Waals surface area (Å²) < 4.78 is 5.21. The van der Waals surface area contributed by atoms with Gasteiger partial charge in [-0.15, -0.1) is 11.3 Å². The monoisotopic (exact) mass is 464 g/mol. The van der Waals surface area contributed by atoms with Crippen molar-refractivity contribution >= 4 is 45.5 Å². The van der Waals surface area contributed by atoms with Crippen molar-refractivity contribution in [1.82, 2.24) is 0 Å². The number of nitrogens with zero attached hydrogens (tertiary/aromatic N) is 2. The molecule has 1 aliphatic carbocycles. The first-order valence-electron chi connectivity index (χ1n) is 11.3. The molecule has 8 nitrogen and oxygen atoms in total.